The summed E-state index contributed by atoms with van der Waals surface area (Å²) in [7, 11) is 0. The number of hydrogen-bond acceptors (Lipinski definition) is 39. The summed E-state index contributed by atoms with van der Waals surface area (Å²) in [6.45, 7) is 41.2. The highest BCUT2D eigenvalue weighted by molar-refractivity contribution is 7.27. The maximum Gasteiger partial charge on any atom is 0.158 e. The van der Waals surface area contributed by atoms with Crippen LogP contribution in [0.3, 0.4) is 0 Å². The lowest BCUT2D eigenvalue weighted by molar-refractivity contribution is 0.292. The number of aliphatic hydroxyl groups excluding tert-OH is 6. The van der Waals surface area contributed by atoms with Crippen LogP contribution in [0.2, 0.25) is 0 Å². The molecule has 0 atom stereocenters. The van der Waals surface area contributed by atoms with Gasteiger partial charge in [-0.2, -0.15) is 10.2 Å². The fraction of sp³-hybridized carbons (Fsp3) is 0.477. The first kappa shape index (κ1) is 119. The number of thiophene rings is 11. The van der Waals surface area contributed by atoms with Crippen molar-refractivity contribution in [1.29, 1.82) is 0 Å². The second-order valence-electron chi connectivity index (χ2n) is 35.4. The Morgan fingerprint density at radius 3 is 0.712 bits per heavy atom. The van der Waals surface area contributed by atoms with Crippen molar-refractivity contribution >= 4 is 147 Å². The smallest absolute Gasteiger partial charge is 0.158 e. The van der Waals surface area contributed by atoms with E-state index >= 15 is 0 Å². The zero-order valence-corrected chi connectivity index (χ0v) is 96.0. The van der Waals surface area contributed by atoms with E-state index in [0.717, 1.165) is 207 Å². The van der Waals surface area contributed by atoms with Gasteiger partial charge in [0, 0.05) is 166 Å². The number of aliphatic hydroxyl groups is 6. The Morgan fingerprint density at radius 1 is 0.247 bits per heavy atom. The summed E-state index contributed by atoms with van der Waals surface area (Å²) in [5, 5.41) is 107. The summed E-state index contributed by atoms with van der Waals surface area (Å²) in [6.07, 6.45) is 14.1. The number of nitrogens with two attached hydrogens (primary N) is 4. The molecule has 14 aromatic rings. The zero-order chi connectivity index (χ0) is 104. The van der Waals surface area contributed by atoms with E-state index in [9.17, 15) is 0 Å². The summed E-state index contributed by atoms with van der Waals surface area (Å²) >= 11 is 21.6. The third-order valence-corrected chi connectivity index (χ3v) is 37.0. The van der Waals surface area contributed by atoms with Gasteiger partial charge in [0.25, 0.3) is 0 Å². The molecule has 146 heavy (non-hydrogen) atoms. The van der Waals surface area contributed by atoms with Crippen LogP contribution in [0, 0.1) is 69.2 Å². The normalized spacial score (nSPS) is 11.9. The average molecular weight is 2220 g/mol. The Kier molecular flexibility index (Phi) is 53.6. The van der Waals surface area contributed by atoms with Crippen molar-refractivity contribution < 1.29 is 35.1 Å². The van der Waals surface area contributed by atoms with Gasteiger partial charge in [0.05, 0.1) is 114 Å². The molecule has 27 nitrogen and oxygen atoms in total. The van der Waals surface area contributed by atoms with E-state index in [4.69, 9.17) is 68.0 Å². The highest BCUT2D eigenvalue weighted by Gasteiger charge is 2.27. The van der Waals surface area contributed by atoms with Gasteiger partial charge in [-0.05, 0) is 339 Å². The molecule has 0 radical (unpaired) electrons. The van der Waals surface area contributed by atoms with E-state index in [2.05, 4.69) is 228 Å². The minimum absolute atomic E-state index is 0.160. The topological polar surface area (TPSA) is 435 Å². The van der Waals surface area contributed by atoms with Crippen molar-refractivity contribution in [3.8, 4) is 81.7 Å². The fourth-order valence-electron chi connectivity index (χ4n) is 16.7. The molecule has 24 N–H and O–H groups in total. The summed E-state index contributed by atoms with van der Waals surface area (Å²) in [5.74, 6) is 1.84. The van der Waals surface area contributed by atoms with E-state index < -0.39 is 0 Å². The molecule has 0 aliphatic carbocycles. The summed E-state index contributed by atoms with van der Waals surface area (Å²) in [6, 6.07) is 31.4. The number of rotatable bonds is 60. The van der Waals surface area contributed by atoms with Crippen molar-refractivity contribution in [3.05, 3.63) is 211 Å². The van der Waals surface area contributed by atoms with Crippen LogP contribution in [0.4, 0.5) is 0 Å². The van der Waals surface area contributed by atoms with E-state index in [-0.39, 0.29) is 39.6 Å². The van der Waals surface area contributed by atoms with Crippen molar-refractivity contribution in [2.45, 2.75) is 140 Å². The fourth-order valence-corrected chi connectivity index (χ4v) is 29.5. The zero-order valence-electron chi connectivity index (χ0n) is 86.2. The molecule has 794 valence electrons. The Morgan fingerprint density at radius 2 is 0.459 bits per heavy atom. The number of nitrogens with one attached hydrogen (secondary N) is 10. The lowest BCUT2D eigenvalue weighted by atomic mass is 10.0. The minimum atomic E-state index is 0.160. The molecule has 1 aliphatic rings. The summed E-state index contributed by atoms with van der Waals surface area (Å²) in [4.78, 5) is 37.9. The van der Waals surface area contributed by atoms with Gasteiger partial charge in [-0.1, -0.05) is 11.3 Å². The second kappa shape index (κ2) is 65.5. The molecule has 0 fully saturated rings. The Hall–Kier alpha value is -6.84. The van der Waals surface area contributed by atoms with Crippen molar-refractivity contribution in [1.82, 2.24) is 73.3 Å². The molecular formula is C107H152N20O7S12. The first-order chi connectivity index (χ1) is 71.1. The predicted octanol–water partition coefficient (Wildman–Crippen LogP) is 15.5. The standard InChI is InChI=1S/C22H32N6S2.C22H32N4S3.C22H30N2O3S2.C21H30N4O2S2.C20H28N4O2S3/c1-15-11-17(3-7-25-9-5-23)21(29-15)19-13-28-20(14-27-19)22-18(12-16(2)30-22)4-8-26-10-6-24;1-15-13-17(5-9-25-11-7-23)21(27-15)19-3-4-20(29-19)22-18(14-16(2)28-22)6-10-26-12-8-24;1-15-13-17(5-7-23-9-11-25)21(28-15)19-3-4-20(27-19)22-18(14-16(2)29-22)6-8-24-10-12-26;1-14-11-16(3-5-22-7-9-26)20(28-14)18-13-19(25-24-18)21-17(12-15(2)29-21)4-6-23-8-10-27;1-13-11-15(3-5-21-7-9-25)17(27-13)19-23-24-20(29-19)18-16(12-14(2)28-18)4-6-22-8-10-26/h11-14,25-26H,3-10,23-24H2,1-2H3;3-4,13-14,25-26H,5-12,23-24H2,1-2H3;3-4,13-14,23-26H,5-12H2,1-2H3;11-12,22-23,26-27H,3-10,13H2,1-2H3;11-12,21-22,25-26H,3-10H2,1-2H3. The molecule has 0 aromatic carbocycles. The van der Waals surface area contributed by atoms with E-state index in [0.29, 0.717) is 65.4 Å². The van der Waals surface area contributed by atoms with Gasteiger partial charge in [-0.15, -0.1) is 135 Å². The molecule has 0 spiro atoms. The average Bonchev–Trinajstić information content (AvgIpc) is 1.65. The second-order valence-corrected chi connectivity index (χ2v) is 50.0. The van der Waals surface area contributed by atoms with Crippen LogP contribution in [0.25, 0.3) is 81.7 Å². The van der Waals surface area contributed by atoms with E-state index in [1.54, 1.807) is 102 Å². The summed E-state index contributed by atoms with van der Waals surface area (Å²) in [5.41, 5.74) is 39.6. The number of aromatic nitrogens is 4. The molecule has 0 unspecified atom stereocenters. The van der Waals surface area contributed by atoms with Gasteiger partial charge in [0.2, 0.25) is 0 Å². The van der Waals surface area contributed by atoms with Crippen molar-refractivity contribution in [2.24, 2.45) is 33.1 Å². The molecule has 15 heterocycles. The van der Waals surface area contributed by atoms with Crippen LogP contribution >= 0.6 is 136 Å². The first-order valence-corrected chi connectivity index (χ1v) is 60.4. The van der Waals surface area contributed by atoms with Crippen LogP contribution < -0.4 is 76.1 Å². The van der Waals surface area contributed by atoms with Crippen LogP contribution in [-0.4, -0.2) is 259 Å². The van der Waals surface area contributed by atoms with Gasteiger partial charge in [0.1, 0.15) is 11.5 Å². The Balaban J connectivity index is 0.000000174. The van der Waals surface area contributed by atoms with Gasteiger partial charge in [-0.3, -0.25) is 9.97 Å². The Bertz CT molecular complexity index is 5490. The van der Waals surface area contributed by atoms with Crippen LogP contribution in [0.5, 0.6) is 0 Å². The predicted molar refractivity (Wildman–Crippen MR) is 630 cm³/mol. The third kappa shape index (κ3) is 37.9. The van der Waals surface area contributed by atoms with Crippen LogP contribution in [0.15, 0.2) is 112 Å². The van der Waals surface area contributed by atoms with Crippen molar-refractivity contribution in [2.75, 3.05) is 197 Å². The molecule has 0 bridgehead atoms. The first-order valence-electron chi connectivity index (χ1n) is 50.6. The number of aryl methyl sites for hydroxylation is 10. The van der Waals surface area contributed by atoms with Crippen LogP contribution in [-0.2, 0) is 64.2 Å². The molecule has 0 saturated carbocycles. The van der Waals surface area contributed by atoms with Crippen molar-refractivity contribution in [3.63, 3.8) is 0 Å². The molecule has 0 amide bonds. The molecule has 15 rings (SSSR count). The van der Waals surface area contributed by atoms with Gasteiger partial charge >= 0.3 is 0 Å². The van der Waals surface area contributed by atoms with E-state index in [1.165, 1.54) is 163 Å². The molecular weight excluding hydrogens is 2060 g/mol. The van der Waals surface area contributed by atoms with Gasteiger partial charge < -0.3 is 111 Å². The quantitative estimate of drug-likeness (QED) is 0.0157. The van der Waals surface area contributed by atoms with Gasteiger partial charge in [-0.25, -0.2) is 0 Å². The number of furan rings is 1. The highest BCUT2D eigenvalue weighted by Crippen LogP contribution is 2.47. The minimum Gasteiger partial charge on any atom is -0.454 e. The molecule has 39 heteroatoms. The maximum atomic E-state index is 8.93. The number of nitrogens with zero attached hydrogens (tertiary/aromatic N) is 6. The monoisotopic (exact) mass is 2210 g/mol. The van der Waals surface area contributed by atoms with E-state index in [1.807, 2.05) is 46.4 Å². The molecule has 0 saturated heterocycles. The van der Waals surface area contributed by atoms with Gasteiger partial charge in [0.15, 0.2) is 10.0 Å². The molecule has 1 aliphatic heterocycles. The maximum absolute atomic E-state index is 8.93. The SMILES string of the molecule is Cc1cc(CCNCCN)c(-c2ccc(-c3sc(C)cc3CCNCCN)s2)s1.Cc1cc(CCNCCN)c(-c2cnc(-c3sc(C)cc3CCNCCN)cn2)s1.Cc1cc(CCNCCO)c(-c2ccc(-c3sc(C)cc3CCNCCO)o2)s1.Cc1cc(CCNCCO)c(-c2nnc(-c3sc(C)cc3CCNCCO)s2)s1.Cc1cc(CCNCCO)c(C2=NN=C(c3sc(C)cc3CCNCCO)C2)s1. The largest absolute Gasteiger partial charge is 0.454 e. The molecule has 14 aromatic heterocycles. The lowest BCUT2D eigenvalue weighted by Crippen LogP contribution is -2.24. The number of hydrogen-bond donors (Lipinski definition) is 20. The Labute approximate surface area is 910 Å². The third-order valence-electron chi connectivity index (χ3n) is 23.2. The summed E-state index contributed by atoms with van der Waals surface area (Å²) < 4.78 is 6.32. The lowest BCUT2D eigenvalue weighted by Gasteiger charge is -2.07. The van der Waals surface area contributed by atoms with Crippen LogP contribution in [0.1, 0.15) is 121 Å². The highest BCUT2D eigenvalue weighted by atomic mass is 32.1.